The summed E-state index contributed by atoms with van der Waals surface area (Å²) in [5, 5.41) is 8.19. The molecule has 1 unspecified atom stereocenters. The number of nitrogens with zero attached hydrogens (tertiary/aromatic N) is 2. The van der Waals surface area contributed by atoms with E-state index in [0.29, 0.717) is 38.4 Å². The first-order chi connectivity index (χ1) is 10.1. The predicted molar refractivity (Wildman–Crippen MR) is 75.6 cm³/mol. The van der Waals surface area contributed by atoms with Gasteiger partial charge in [0.1, 0.15) is 17.7 Å². The summed E-state index contributed by atoms with van der Waals surface area (Å²) in [5.74, 6) is -0.137. The van der Waals surface area contributed by atoms with E-state index >= 15 is 0 Å². The van der Waals surface area contributed by atoms with Gasteiger partial charge in [-0.3, -0.25) is 10.2 Å². The largest absolute Gasteiger partial charge is 0.378 e. The van der Waals surface area contributed by atoms with Crippen molar-refractivity contribution >= 4 is 11.7 Å². The monoisotopic (exact) mass is 291 g/mol. The van der Waals surface area contributed by atoms with Gasteiger partial charge in [0.2, 0.25) is 5.91 Å². The van der Waals surface area contributed by atoms with Crippen molar-refractivity contribution in [2.24, 2.45) is 0 Å². The molecule has 2 aliphatic rings. The number of benzene rings is 1. The predicted octanol–water partition coefficient (Wildman–Crippen LogP) is 1.21. The van der Waals surface area contributed by atoms with E-state index in [0.717, 1.165) is 5.56 Å². The lowest BCUT2D eigenvalue weighted by Gasteiger charge is -2.33. The molecule has 1 saturated heterocycles. The minimum atomic E-state index is -0.425. The smallest absolute Gasteiger partial charge is 0.245 e. The average Bonchev–Trinajstić information content (AvgIpc) is 2.83. The highest BCUT2D eigenvalue weighted by molar-refractivity contribution is 6.02. The van der Waals surface area contributed by atoms with Crippen molar-refractivity contribution in [3.8, 4) is 0 Å². The zero-order valence-electron chi connectivity index (χ0n) is 11.9. The number of morpholine rings is 1. The van der Waals surface area contributed by atoms with Gasteiger partial charge in [-0.1, -0.05) is 6.07 Å². The van der Waals surface area contributed by atoms with Crippen LogP contribution in [0.3, 0.4) is 0 Å². The molecule has 112 valence electrons. The highest BCUT2D eigenvalue weighted by Crippen LogP contribution is 2.26. The van der Waals surface area contributed by atoms with Crippen molar-refractivity contribution < 1.29 is 13.9 Å². The van der Waals surface area contributed by atoms with Gasteiger partial charge in [-0.05, 0) is 24.6 Å². The molecule has 1 N–H and O–H groups in total. The second kappa shape index (κ2) is 5.44. The van der Waals surface area contributed by atoms with Crippen LogP contribution in [0.5, 0.6) is 0 Å². The number of ether oxygens (including phenoxy) is 1. The molecule has 2 aliphatic heterocycles. The molecular weight excluding hydrogens is 273 g/mol. The lowest BCUT2D eigenvalue weighted by molar-refractivity contribution is -0.139. The van der Waals surface area contributed by atoms with E-state index in [1.807, 2.05) is 0 Å². The molecule has 1 aromatic carbocycles. The molecule has 0 aromatic heterocycles. The Morgan fingerprint density at radius 2 is 2.10 bits per heavy atom. The SMILES string of the molecule is CC(C(=O)N1CCOCC1)N1Cc2ccc(F)cc2C1=N. The molecule has 0 saturated carbocycles. The number of rotatable bonds is 2. The Morgan fingerprint density at radius 1 is 1.38 bits per heavy atom. The van der Waals surface area contributed by atoms with E-state index < -0.39 is 6.04 Å². The highest BCUT2D eigenvalue weighted by atomic mass is 19.1. The second-order valence-electron chi connectivity index (χ2n) is 5.39. The van der Waals surface area contributed by atoms with Crippen molar-refractivity contribution in [2.75, 3.05) is 26.3 Å². The summed E-state index contributed by atoms with van der Waals surface area (Å²) in [6.45, 7) is 4.57. The number of hydrogen-bond acceptors (Lipinski definition) is 3. The van der Waals surface area contributed by atoms with Crippen LogP contribution in [0.25, 0.3) is 0 Å². The number of halogens is 1. The van der Waals surface area contributed by atoms with E-state index in [1.54, 1.807) is 22.8 Å². The molecular formula is C15H18FN3O2. The van der Waals surface area contributed by atoms with Gasteiger partial charge >= 0.3 is 0 Å². The third kappa shape index (κ3) is 2.51. The van der Waals surface area contributed by atoms with Crippen LogP contribution < -0.4 is 0 Å². The van der Waals surface area contributed by atoms with Crippen LogP contribution in [-0.2, 0) is 16.1 Å². The standard InChI is InChI=1S/C15H18FN3O2/c1-10(15(20)18-4-6-21-7-5-18)19-9-11-2-3-12(16)8-13(11)14(19)17/h2-3,8,10,17H,4-7,9H2,1H3. The van der Waals surface area contributed by atoms with Gasteiger partial charge in [0.05, 0.1) is 13.2 Å². The molecule has 0 spiro atoms. The van der Waals surface area contributed by atoms with Crippen molar-refractivity contribution in [1.29, 1.82) is 5.41 Å². The maximum Gasteiger partial charge on any atom is 0.245 e. The van der Waals surface area contributed by atoms with Gasteiger partial charge in [-0.25, -0.2) is 4.39 Å². The van der Waals surface area contributed by atoms with Crippen LogP contribution in [0.2, 0.25) is 0 Å². The zero-order valence-corrected chi connectivity index (χ0v) is 11.9. The van der Waals surface area contributed by atoms with E-state index in [-0.39, 0.29) is 17.6 Å². The maximum absolute atomic E-state index is 13.3. The van der Waals surface area contributed by atoms with Crippen molar-refractivity contribution in [1.82, 2.24) is 9.80 Å². The number of fused-ring (bicyclic) bond motifs is 1. The van der Waals surface area contributed by atoms with Crippen LogP contribution in [0, 0.1) is 11.2 Å². The summed E-state index contributed by atoms with van der Waals surface area (Å²) in [6.07, 6.45) is 0. The fraction of sp³-hybridized carbons (Fsp3) is 0.467. The molecule has 5 nitrogen and oxygen atoms in total. The van der Waals surface area contributed by atoms with Gasteiger partial charge in [0, 0.05) is 25.2 Å². The van der Waals surface area contributed by atoms with Crippen LogP contribution in [0.4, 0.5) is 4.39 Å². The summed E-state index contributed by atoms with van der Waals surface area (Å²) < 4.78 is 18.6. The summed E-state index contributed by atoms with van der Waals surface area (Å²) >= 11 is 0. The lowest BCUT2D eigenvalue weighted by Crippen LogP contribution is -2.50. The molecule has 1 fully saturated rings. The number of carbonyl (C=O) groups excluding carboxylic acids is 1. The topological polar surface area (TPSA) is 56.6 Å². The number of amidine groups is 1. The molecule has 0 aliphatic carbocycles. The molecule has 21 heavy (non-hydrogen) atoms. The minimum absolute atomic E-state index is 0.00340. The molecule has 1 atom stereocenters. The van der Waals surface area contributed by atoms with Crippen LogP contribution >= 0.6 is 0 Å². The van der Waals surface area contributed by atoms with Crippen molar-refractivity contribution in [3.05, 3.63) is 35.1 Å². The van der Waals surface area contributed by atoms with Crippen molar-refractivity contribution in [2.45, 2.75) is 19.5 Å². The number of hydrogen-bond donors (Lipinski definition) is 1. The molecule has 0 radical (unpaired) electrons. The molecule has 1 aromatic rings. The first-order valence-electron chi connectivity index (χ1n) is 7.08. The van der Waals surface area contributed by atoms with Gasteiger partial charge in [0.25, 0.3) is 0 Å². The van der Waals surface area contributed by atoms with Gasteiger partial charge < -0.3 is 14.5 Å². The molecule has 3 rings (SSSR count). The van der Waals surface area contributed by atoms with Crippen LogP contribution in [0.15, 0.2) is 18.2 Å². The summed E-state index contributed by atoms with van der Waals surface area (Å²) in [6, 6.07) is 4.02. The normalized spacial score (nSPS) is 19.6. The fourth-order valence-electron chi connectivity index (χ4n) is 2.84. The molecule has 0 bridgehead atoms. The Bertz CT molecular complexity index is 584. The third-order valence-electron chi connectivity index (χ3n) is 4.10. The minimum Gasteiger partial charge on any atom is -0.378 e. The number of amides is 1. The Kier molecular flexibility index (Phi) is 3.63. The Labute approximate surface area is 122 Å². The Morgan fingerprint density at radius 3 is 2.81 bits per heavy atom. The lowest BCUT2D eigenvalue weighted by atomic mass is 10.1. The summed E-state index contributed by atoms with van der Waals surface area (Å²) in [5.41, 5.74) is 1.47. The van der Waals surface area contributed by atoms with Crippen molar-refractivity contribution in [3.63, 3.8) is 0 Å². The van der Waals surface area contributed by atoms with Gasteiger partial charge in [-0.15, -0.1) is 0 Å². The Balaban J connectivity index is 1.76. The summed E-state index contributed by atoms with van der Waals surface area (Å²) in [4.78, 5) is 16.0. The molecule has 1 amide bonds. The average molecular weight is 291 g/mol. The maximum atomic E-state index is 13.3. The van der Waals surface area contributed by atoms with Crippen LogP contribution in [-0.4, -0.2) is 53.9 Å². The highest BCUT2D eigenvalue weighted by Gasteiger charge is 2.33. The zero-order chi connectivity index (χ0) is 15.0. The fourth-order valence-corrected chi connectivity index (χ4v) is 2.84. The van der Waals surface area contributed by atoms with E-state index in [2.05, 4.69) is 0 Å². The number of carbonyl (C=O) groups is 1. The summed E-state index contributed by atoms with van der Waals surface area (Å²) in [7, 11) is 0. The first kappa shape index (κ1) is 14.0. The van der Waals surface area contributed by atoms with E-state index in [9.17, 15) is 9.18 Å². The van der Waals surface area contributed by atoms with Gasteiger partial charge in [-0.2, -0.15) is 0 Å². The molecule has 6 heteroatoms. The van der Waals surface area contributed by atoms with Gasteiger partial charge in [0.15, 0.2) is 0 Å². The van der Waals surface area contributed by atoms with E-state index in [1.165, 1.54) is 12.1 Å². The Hall–Kier alpha value is -1.95. The van der Waals surface area contributed by atoms with Crippen LogP contribution in [0.1, 0.15) is 18.1 Å². The molecule has 2 heterocycles. The third-order valence-corrected chi connectivity index (χ3v) is 4.10. The second-order valence-corrected chi connectivity index (χ2v) is 5.39. The van der Waals surface area contributed by atoms with E-state index in [4.69, 9.17) is 10.1 Å². The quantitative estimate of drug-likeness (QED) is 0.891. The first-order valence-corrected chi connectivity index (χ1v) is 7.08. The number of nitrogens with one attached hydrogen (secondary N) is 1.